The molecule has 1 aliphatic heterocycles. The van der Waals surface area contributed by atoms with Gasteiger partial charge in [-0.3, -0.25) is 4.57 Å². The quantitative estimate of drug-likeness (QED) is 0.431. The lowest BCUT2D eigenvalue weighted by Gasteiger charge is -2.16. The summed E-state index contributed by atoms with van der Waals surface area (Å²) in [5, 5.41) is 28.2. The Bertz CT molecular complexity index is 464. The average Bonchev–Trinajstić information content (AvgIpc) is 2.57. The van der Waals surface area contributed by atoms with Crippen LogP contribution in [0.15, 0.2) is 17.1 Å². The molecule has 4 atom stereocenters. The third kappa shape index (κ3) is 2.35. The molecule has 1 saturated heterocycles. The molecule has 0 spiro atoms. The van der Waals surface area contributed by atoms with Crippen LogP contribution in [0.2, 0.25) is 0 Å². The van der Waals surface area contributed by atoms with Gasteiger partial charge in [-0.1, -0.05) is 0 Å². The zero-order chi connectivity index (χ0) is 12.6. The van der Waals surface area contributed by atoms with Gasteiger partial charge < -0.3 is 31.3 Å². The standard InChI is InChI=1S/C9H13N3O5.H2O/c10-5-1-2-12(9(16)11-5)8-7(15)6(14)4(3-13)17-8;/h1-2,4,6-8,13-15H,3H2,(H2,10,11,16);1H2/t4-,6-,7+,8?;/m1./s1. The summed E-state index contributed by atoms with van der Waals surface area (Å²) >= 11 is 0. The number of nitrogens with zero attached hydrogens (tertiary/aromatic N) is 2. The summed E-state index contributed by atoms with van der Waals surface area (Å²) in [6.07, 6.45) is -3.27. The Morgan fingerprint density at radius 1 is 1.44 bits per heavy atom. The molecule has 1 fully saturated rings. The van der Waals surface area contributed by atoms with Crippen molar-refractivity contribution in [1.82, 2.24) is 9.55 Å². The van der Waals surface area contributed by atoms with Crippen molar-refractivity contribution < 1.29 is 25.5 Å². The van der Waals surface area contributed by atoms with Crippen molar-refractivity contribution in [3.05, 3.63) is 22.7 Å². The monoisotopic (exact) mass is 261 g/mol. The number of aromatic nitrogens is 2. The molecule has 18 heavy (non-hydrogen) atoms. The molecule has 0 aromatic carbocycles. The Labute approximate surface area is 101 Å². The van der Waals surface area contributed by atoms with Crippen LogP contribution in [0.1, 0.15) is 6.23 Å². The van der Waals surface area contributed by atoms with E-state index in [2.05, 4.69) is 4.98 Å². The van der Waals surface area contributed by atoms with Gasteiger partial charge in [0.15, 0.2) is 6.23 Å². The van der Waals surface area contributed by atoms with Gasteiger partial charge in [-0.15, -0.1) is 0 Å². The first-order chi connectivity index (χ1) is 8.04. The van der Waals surface area contributed by atoms with Gasteiger partial charge in [0.25, 0.3) is 0 Å². The number of hydrogen-bond acceptors (Lipinski definition) is 7. The van der Waals surface area contributed by atoms with Gasteiger partial charge >= 0.3 is 5.69 Å². The summed E-state index contributed by atoms with van der Waals surface area (Å²) in [5.41, 5.74) is 4.63. The predicted molar refractivity (Wildman–Crippen MR) is 59.5 cm³/mol. The molecular weight excluding hydrogens is 246 g/mol. The van der Waals surface area contributed by atoms with E-state index in [-0.39, 0.29) is 11.3 Å². The van der Waals surface area contributed by atoms with Crippen LogP contribution in [-0.2, 0) is 4.74 Å². The molecule has 2 rings (SSSR count). The van der Waals surface area contributed by atoms with Crippen molar-refractivity contribution in [2.24, 2.45) is 0 Å². The van der Waals surface area contributed by atoms with E-state index in [4.69, 9.17) is 15.6 Å². The lowest BCUT2D eigenvalue weighted by Crippen LogP contribution is -2.36. The molecule has 2 heterocycles. The second-order valence-electron chi connectivity index (χ2n) is 3.77. The molecule has 1 aromatic rings. The van der Waals surface area contributed by atoms with Gasteiger partial charge in [0.1, 0.15) is 24.1 Å². The minimum Gasteiger partial charge on any atom is -0.412 e. The first-order valence-corrected chi connectivity index (χ1v) is 5.01. The average molecular weight is 261 g/mol. The van der Waals surface area contributed by atoms with E-state index < -0.39 is 36.8 Å². The lowest BCUT2D eigenvalue weighted by atomic mass is 10.1. The zero-order valence-corrected chi connectivity index (χ0v) is 9.30. The van der Waals surface area contributed by atoms with E-state index in [1.54, 1.807) is 0 Å². The van der Waals surface area contributed by atoms with Gasteiger partial charge in [-0.05, 0) is 6.07 Å². The highest BCUT2D eigenvalue weighted by Crippen LogP contribution is 2.27. The van der Waals surface area contributed by atoms with Crippen LogP contribution >= 0.6 is 0 Å². The van der Waals surface area contributed by atoms with Crippen molar-refractivity contribution >= 4 is 5.82 Å². The van der Waals surface area contributed by atoms with Crippen LogP contribution in [0.5, 0.6) is 0 Å². The SMILES string of the molecule is Nc1ccn(C2O[C@H](CO)[C@@H](O)[C@@H]2O)c(=O)n1.O. The molecular formula is C9H15N3O6. The maximum atomic E-state index is 11.5. The minimum atomic E-state index is -1.31. The minimum absolute atomic E-state index is 0. The van der Waals surface area contributed by atoms with Crippen LogP contribution in [0.3, 0.4) is 0 Å². The van der Waals surface area contributed by atoms with Gasteiger partial charge in [0.2, 0.25) is 0 Å². The van der Waals surface area contributed by atoms with Gasteiger partial charge in [-0.2, -0.15) is 4.98 Å². The van der Waals surface area contributed by atoms with Crippen LogP contribution in [0.25, 0.3) is 0 Å². The molecule has 0 aliphatic carbocycles. The number of aliphatic hydroxyl groups excluding tert-OH is 3. The second-order valence-corrected chi connectivity index (χ2v) is 3.77. The number of nitrogens with two attached hydrogens (primary N) is 1. The molecule has 102 valence electrons. The predicted octanol–water partition coefficient (Wildman–Crippen LogP) is -3.39. The largest absolute Gasteiger partial charge is 0.412 e. The van der Waals surface area contributed by atoms with Crippen molar-refractivity contribution in [3.8, 4) is 0 Å². The Balaban J connectivity index is 0.00000162. The fourth-order valence-corrected chi connectivity index (χ4v) is 1.73. The molecule has 0 amide bonds. The molecule has 1 aliphatic rings. The summed E-state index contributed by atoms with van der Waals surface area (Å²) < 4.78 is 6.19. The summed E-state index contributed by atoms with van der Waals surface area (Å²) in [6, 6.07) is 1.37. The number of rotatable bonds is 2. The number of nitrogen functional groups attached to an aromatic ring is 1. The molecule has 0 radical (unpaired) electrons. The van der Waals surface area contributed by atoms with Crippen molar-refractivity contribution in [1.29, 1.82) is 0 Å². The third-order valence-corrected chi connectivity index (χ3v) is 2.64. The topological polar surface area (TPSA) is 162 Å². The van der Waals surface area contributed by atoms with Crippen molar-refractivity contribution in [2.75, 3.05) is 12.3 Å². The van der Waals surface area contributed by atoms with Crippen LogP contribution in [0, 0.1) is 0 Å². The van der Waals surface area contributed by atoms with Crippen LogP contribution in [-0.4, -0.2) is 55.3 Å². The van der Waals surface area contributed by atoms with Crippen LogP contribution in [0.4, 0.5) is 5.82 Å². The number of hydrogen-bond donors (Lipinski definition) is 4. The number of ether oxygens (including phenoxy) is 1. The summed E-state index contributed by atoms with van der Waals surface area (Å²) in [4.78, 5) is 15.0. The summed E-state index contributed by atoms with van der Waals surface area (Å²) in [6.45, 7) is -0.453. The Morgan fingerprint density at radius 2 is 2.11 bits per heavy atom. The molecule has 7 N–H and O–H groups in total. The first-order valence-electron chi connectivity index (χ1n) is 5.01. The molecule has 0 saturated carbocycles. The fourth-order valence-electron chi connectivity index (χ4n) is 1.73. The summed E-state index contributed by atoms with van der Waals surface area (Å²) in [7, 11) is 0. The Hall–Kier alpha value is -1.52. The smallest absolute Gasteiger partial charge is 0.351 e. The van der Waals surface area contributed by atoms with Crippen molar-refractivity contribution in [2.45, 2.75) is 24.5 Å². The first kappa shape index (κ1) is 14.5. The molecule has 9 heteroatoms. The van der Waals surface area contributed by atoms with Gasteiger partial charge in [-0.25, -0.2) is 4.79 Å². The maximum Gasteiger partial charge on any atom is 0.351 e. The van der Waals surface area contributed by atoms with Crippen LogP contribution < -0.4 is 11.4 Å². The number of aliphatic hydroxyl groups is 3. The third-order valence-electron chi connectivity index (χ3n) is 2.64. The van der Waals surface area contributed by atoms with Gasteiger partial charge in [0, 0.05) is 6.20 Å². The van der Waals surface area contributed by atoms with Crippen molar-refractivity contribution in [3.63, 3.8) is 0 Å². The zero-order valence-electron chi connectivity index (χ0n) is 9.30. The van der Waals surface area contributed by atoms with E-state index in [0.717, 1.165) is 4.57 Å². The fraction of sp³-hybridized carbons (Fsp3) is 0.556. The molecule has 0 bridgehead atoms. The lowest BCUT2D eigenvalue weighted by molar-refractivity contribution is -0.0549. The highest BCUT2D eigenvalue weighted by Gasteiger charge is 2.43. The van der Waals surface area contributed by atoms with Gasteiger partial charge in [0.05, 0.1) is 6.61 Å². The van der Waals surface area contributed by atoms with E-state index >= 15 is 0 Å². The maximum absolute atomic E-state index is 11.5. The highest BCUT2D eigenvalue weighted by atomic mass is 16.6. The Kier molecular flexibility index (Phi) is 4.38. The molecule has 1 unspecified atom stereocenters. The summed E-state index contributed by atoms with van der Waals surface area (Å²) in [5.74, 6) is 0.0537. The highest BCUT2D eigenvalue weighted by molar-refractivity contribution is 5.23. The molecule has 9 nitrogen and oxygen atoms in total. The van der Waals surface area contributed by atoms with E-state index in [1.807, 2.05) is 0 Å². The molecule has 1 aromatic heterocycles. The van der Waals surface area contributed by atoms with E-state index in [1.165, 1.54) is 12.3 Å². The van der Waals surface area contributed by atoms with E-state index in [9.17, 15) is 15.0 Å². The Morgan fingerprint density at radius 3 is 2.61 bits per heavy atom. The second kappa shape index (κ2) is 5.42. The van der Waals surface area contributed by atoms with E-state index in [0.29, 0.717) is 0 Å². The normalized spacial score (nSPS) is 31.1. The number of anilines is 1.